The van der Waals surface area contributed by atoms with Gasteiger partial charge < -0.3 is 5.32 Å². The minimum Gasteiger partial charge on any atom is -0.385 e. The van der Waals surface area contributed by atoms with Crippen LogP contribution in [0.2, 0.25) is 0 Å². The first kappa shape index (κ1) is 12.9. The molecule has 0 fully saturated rings. The van der Waals surface area contributed by atoms with Crippen molar-refractivity contribution in [3.05, 3.63) is 30.3 Å². The molecule has 1 rings (SSSR count). The number of nitrogens with one attached hydrogen (secondary N) is 1. The van der Waals surface area contributed by atoms with Gasteiger partial charge >= 0.3 is 10.4 Å². The van der Waals surface area contributed by atoms with Gasteiger partial charge in [0.05, 0.1) is 0 Å². The molecule has 0 heterocycles. The molecule has 0 unspecified atom stereocenters. The minimum absolute atomic E-state index is 0.990. The van der Waals surface area contributed by atoms with Gasteiger partial charge in [-0.25, -0.2) is 0 Å². The predicted octanol–water partition coefficient (Wildman–Crippen LogP) is 1.47. The maximum atomic E-state index is 8.74. The van der Waals surface area contributed by atoms with Crippen LogP contribution in [0.3, 0.4) is 0 Å². The second kappa shape index (κ2) is 6.36. The summed E-state index contributed by atoms with van der Waals surface area (Å²) in [4.78, 5) is 0. The number of hydrogen-bond donors (Lipinski definition) is 3. The Kier molecular flexibility index (Phi) is 5.86. The van der Waals surface area contributed by atoms with E-state index in [4.69, 9.17) is 17.5 Å². The minimum atomic E-state index is -4.67. The molecular weight excluding hydrogens is 206 g/mol. The third kappa shape index (κ3) is 10.9. The van der Waals surface area contributed by atoms with Crippen LogP contribution in [-0.4, -0.2) is 24.1 Å². The monoisotopic (exact) mass is 219 g/mol. The summed E-state index contributed by atoms with van der Waals surface area (Å²) in [6.07, 6.45) is 0. The molecule has 0 aliphatic rings. The van der Waals surface area contributed by atoms with Crippen molar-refractivity contribution < 1.29 is 17.5 Å². The van der Waals surface area contributed by atoms with Gasteiger partial charge in [0.25, 0.3) is 0 Å². The van der Waals surface area contributed by atoms with Gasteiger partial charge in [-0.3, -0.25) is 9.11 Å². The van der Waals surface area contributed by atoms with Crippen molar-refractivity contribution in [3.8, 4) is 0 Å². The van der Waals surface area contributed by atoms with Gasteiger partial charge in [0.1, 0.15) is 0 Å². The van der Waals surface area contributed by atoms with Crippen molar-refractivity contribution in [1.82, 2.24) is 0 Å². The van der Waals surface area contributed by atoms with E-state index in [1.54, 1.807) is 0 Å². The van der Waals surface area contributed by atoms with Crippen LogP contribution in [0.5, 0.6) is 0 Å². The van der Waals surface area contributed by atoms with E-state index in [0.717, 1.165) is 6.54 Å². The first-order chi connectivity index (χ1) is 6.43. The maximum Gasteiger partial charge on any atom is 0.394 e. The van der Waals surface area contributed by atoms with Gasteiger partial charge in [-0.1, -0.05) is 18.2 Å². The second-order valence-corrected chi connectivity index (χ2v) is 3.24. The van der Waals surface area contributed by atoms with E-state index in [9.17, 15) is 0 Å². The summed E-state index contributed by atoms with van der Waals surface area (Å²) in [7, 11) is -4.67. The van der Waals surface area contributed by atoms with Crippen molar-refractivity contribution in [1.29, 1.82) is 0 Å². The second-order valence-electron chi connectivity index (χ2n) is 2.34. The average Bonchev–Trinajstić information content (AvgIpc) is 2.03. The lowest BCUT2D eigenvalue weighted by atomic mass is 10.3. The lowest BCUT2D eigenvalue weighted by Gasteiger charge is -1.99. The number of benzene rings is 1. The molecule has 0 aliphatic carbocycles. The Bertz CT molecular complexity index is 328. The first-order valence-electron chi connectivity index (χ1n) is 3.92. The highest BCUT2D eigenvalue weighted by Crippen LogP contribution is 2.02. The lowest BCUT2D eigenvalue weighted by molar-refractivity contribution is 0.381. The number of hydrogen-bond acceptors (Lipinski definition) is 3. The SMILES string of the molecule is CCNc1ccccc1.O=S(=O)(O)O. The van der Waals surface area contributed by atoms with Crippen LogP contribution in [0, 0.1) is 0 Å². The van der Waals surface area contributed by atoms with Crippen molar-refractivity contribution >= 4 is 16.1 Å². The molecule has 0 radical (unpaired) electrons. The molecule has 1 aromatic carbocycles. The molecule has 3 N–H and O–H groups in total. The lowest BCUT2D eigenvalue weighted by Crippen LogP contribution is -1.94. The van der Waals surface area contributed by atoms with Crippen LogP contribution in [-0.2, 0) is 10.4 Å². The molecule has 0 amide bonds. The Morgan fingerprint density at radius 2 is 1.64 bits per heavy atom. The normalized spacial score (nSPS) is 9.93. The van der Waals surface area contributed by atoms with E-state index in [-0.39, 0.29) is 0 Å². The zero-order valence-corrected chi connectivity index (χ0v) is 8.53. The fourth-order valence-corrected chi connectivity index (χ4v) is 0.760. The predicted molar refractivity (Wildman–Crippen MR) is 54.8 cm³/mol. The Hall–Kier alpha value is -1.11. The molecule has 80 valence electrons. The zero-order chi connectivity index (χ0) is 11.0. The summed E-state index contributed by atoms with van der Waals surface area (Å²) in [6, 6.07) is 10.2. The van der Waals surface area contributed by atoms with Gasteiger partial charge in [0.2, 0.25) is 0 Å². The Morgan fingerprint density at radius 3 is 2.00 bits per heavy atom. The Morgan fingerprint density at radius 1 is 1.21 bits per heavy atom. The van der Waals surface area contributed by atoms with E-state index < -0.39 is 10.4 Å². The summed E-state index contributed by atoms with van der Waals surface area (Å²) < 4.78 is 31.6. The fraction of sp³-hybridized carbons (Fsp3) is 0.250. The van der Waals surface area contributed by atoms with Crippen molar-refractivity contribution in [2.45, 2.75) is 6.92 Å². The van der Waals surface area contributed by atoms with E-state index in [1.807, 2.05) is 18.2 Å². The van der Waals surface area contributed by atoms with Crippen molar-refractivity contribution in [3.63, 3.8) is 0 Å². The molecule has 0 bridgehead atoms. The zero-order valence-electron chi connectivity index (χ0n) is 7.71. The van der Waals surface area contributed by atoms with Crippen molar-refractivity contribution in [2.75, 3.05) is 11.9 Å². The molecule has 5 nitrogen and oxygen atoms in total. The number of rotatable bonds is 2. The quantitative estimate of drug-likeness (QED) is 0.655. The largest absolute Gasteiger partial charge is 0.394 e. The number of para-hydroxylation sites is 1. The van der Waals surface area contributed by atoms with Crippen LogP contribution in [0.25, 0.3) is 0 Å². The molecule has 0 saturated heterocycles. The molecule has 1 aromatic rings. The van der Waals surface area contributed by atoms with Gasteiger partial charge in [-0.15, -0.1) is 0 Å². The molecule has 0 spiro atoms. The van der Waals surface area contributed by atoms with E-state index in [2.05, 4.69) is 24.4 Å². The molecule has 0 aliphatic heterocycles. The number of anilines is 1. The van der Waals surface area contributed by atoms with Gasteiger partial charge in [-0.05, 0) is 19.1 Å². The molecule has 6 heteroatoms. The average molecular weight is 219 g/mol. The molecule has 14 heavy (non-hydrogen) atoms. The molecular formula is C8H13NO4S. The van der Waals surface area contributed by atoms with Gasteiger partial charge in [0, 0.05) is 12.2 Å². The Labute approximate surface area is 83.3 Å². The maximum absolute atomic E-state index is 8.74. The van der Waals surface area contributed by atoms with Crippen LogP contribution in [0.4, 0.5) is 5.69 Å². The highest BCUT2D eigenvalue weighted by atomic mass is 32.3. The topological polar surface area (TPSA) is 86.6 Å². The summed E-state index contributed by atoms with van der Waals surface area (Å²) in [5.41, 5.74) is 1.19. The van der Waals surface area contributed by atoms with Gasteiger partial charge in [0.15, 0.2) is 0 Å². The smallest absolute Gasteiger partial charge is 0.385 e. The summed E-state index contributed by atoms with van der Waals surface area (Å²) >= 11 is 0. The third-order valence-corrected chi connectivity index (χ3v) is 1.15. The standard InChI is InChI=1S/C8H11N.H2O4S/c1-2-9-8-6-4-3-5-7-8;1-5(2,3)4/h3-7,9H,2H2,1H3;(H2,1,2,3,4). The fourth-order valence-electron chi connectivity index (χ4n) is 0.760. The van der Waals surface area contributed by atoms with Crippen molar-refractivity contribution in [2.24, 2.45) is 0 Å². The van der Waals surface area contributed by atoms with Gasteiger partial charge in [-0.2, -0.15) is 8.42 Å². The van der Waals surface area contributed by atoms with E-state index in [1.165, 1.54) is 5.69 Å². The van der Waals surface area contributed by atoms with E-state index >= 15 is 0 Å². The molecule has 0 aromatic heterocycles. The van der Waals surface area contributed by atoms with Crippen LogP contribution in [0.15, 0.2) is 30.3 Å². The van der Waals surface area contributed by atoms with Crippen LogP contribution < -0.4 is 5.32 Å². The summed E-state index contributed by atoms with van der Waals surface area (Å²) in [6.45, 7) is 3.08. The highest BCUT2D eigenvalue weighted by molar-refractivity contribution is 7.79. The summed E-state index contributed by atoms with van der Waals surface area (Å²) in [5, 5.41) is 3.21. The Balaban J connectivity index is 0.000000292. The van der Waals surface area contributed by atoms with E-state index in [0.29, 0.717) is 0 Å². The molecule has 0 saturated carbocycles. The van der Waals surface area contributed by atoms with Crippen LogP contribution in [0.1, 0.15) is 6.92 Å². The highest BCUT2D eigenvalue weighted by Gasteiger charge is 1.84. The third-order valence-electron chi connectivity index (χ3n) is 1.15. The first-order valence-corrected chi connectivity index (χ1v) is 5.32. The molecule has 0 atom stereocenters. The summed E-state index contributed by atoms with van der Waals surface area (Å²) in [5.74, 6) is 0. The van der Waals surface area contributed by atoms with Crippen LogP contribution >= 0.6 is 0 Å².